The molecule has 1 aliphatic carbocycles. The van der Waals surface area contributed by atoms with Crippen LogP contribution in [0.1, 0.15) is 48.5 Å². The molecule has 1 aliphatic rings. The minimum absolute atomic E-state index is 0.00504. The summed E-state index contributed by atoms with van der Waals surface area (Å²) in [5.74, 6) is 0.795. The smallest absolute Gasteiger partial charge is 0.251 e. The van der Waals surface area contributed by atoms with E-state index in [-0.39, 0.29) is 11.3 Å². The first-order valence-electron chi connectivity index (χ1n) is 8.27. The molecule has 1 N–H and O–H groups in total. The van der Waals surface area contributed by atoms with Gasteiger partial charge in [-0.1, -0.05) is 12.8 Å². The number of carbonyl (C=O) groups is 1. The van der Waals surface area contributed by atoms with E-state index in [4.69, 9.17) is 4.74 Å². The predicted molar refractivity (Wildman–Crippen MR) is 94.4 cm³/mol. The summed E-state index contributed by atoms with van der Waals surface area (Å²) in [6, 6.07) is 9.56. The van der Waals surface area contributed by atoms with Crippen LogP contribution in [0.4, 0.5) is 0 Å². The Labute approximate surface area is 141 Å². The average Bonchev–Trinajstić information content (AvgIpc) is 3.26. The maximum Gasteiger partial charge on any atom is 0.251 e. The first kappa shape index (κ1) is 16.1. The van der Waals surface area contributed by atoms with Crippen molar-refractivity contribution < 1.29 is 9.53 Å². The van der Waals surface area contributed by atoms with Crippen molar-refractivity contribution in [3.8, 4) is 5.75 Å². The zero-order valence-electron chi connectivity index (χ0n) is 13.5. The molecule has 3 nitrogen and oxygen atoms in total. The molecule has 1 heterocycles. The number of carbonyl (C=O) groups excluding carboxylic acids is 1. The second-order valence-corrected chi connectivity index (χ2v) is 6.92. The third-order valence-electron chi connectivity index (χ3n) is 4.71. The molecule has 0 aliphatic heterocycles. The van der Waals surface area contributed by atoms with Crippen LogP contribution in [-0.2, 0) is 5.41 Å². The van der Waals surface area contributed by atoms with E-state index in [0.717, 1.165) is 25.1 Å². The van der Waals surface area contributed by atoms with Gasteiger partial charge in [-0.15, -0.1) is 0 Å². The van der Waals surface area contributed by atoms with E-state index in [0.29, 0.717) is 12.2 Å². The Morgan fingerprint density at radius 2 is 1.96 bits per heavy atom. The van der Waals surface area contributed by atoms with Crippen molar-refractivity contribution in [2.24, 2.45) is 0 Å². The zero-order chi connectivity index (χ0) is 16.1. The first-order valence-corrected chi connectivity index (χ1v) is 9.21. The Morgan fingerprint density at radius 3 is 2.57 bits per heavy atom. The number of hydrogen-bond donors (Lipinski definition) is 1. The van der Waals surface area contributed by atoms with Gasteiger partial charge in [-0.3, -0.25) is 4.79 Å². The third kappa shape index (κ3) is 3.58. The molecule has 23 heavy (non-hydrogen) atoms. The van der Waals surface area contributed by atoms with Crippen LogP contribution in [-0.4, -0.2) is 19.1 Å². The summed E-state index contributed by atoms with van der Waals surface area (Å²) in [5.41, 5.74) is 2.19. The SMILES string of the molecule is CCOc1ccc(C(=O)NCC2(c3ccsc3)CCCC2)cc1. The van der Waals surface area contributed by atoms with Gasteiger partial charge in [0, 0.05) is 17.5 Å². The highest BCUT2D eigenvalue weighted by molar-refractivity contribution is 7.08. The standard InChI is InChI=1S/C19H23NO2S/c1-2-22-17-7-5-15(6-8-17)18(21)20-14-19(10-3-4-11-19)16-9-12-23-13-16/h5-9,12-13H,2-4,10-11,14H2,1H3,(H,20,21). The lowest BCUT2D eigenvalue weighted by molar-refractivity contribution is 0.0943. The fraction of sp³-hybridized carbons (Fsp3) is 0.421. The molecule has 1 fully saturated rings. The fourth-order valence-corrected chi connectivity index (χ4v) is 4.19. The lowest BCUT2D eigenvalue weighted by Gasteiger charge is -2.28. The Morgan fingerprint density at radius 1 is 1.22 bits per heavy atom. The van der Waals surface area contributed by atoms with Crippen LogP contribution in [0.2, 0.25) is 0 Å². The van der Waals surface area contributed by atoms with E-state index in [2.05, 4.69) is 22.1 Å². The van der Waals surface area contributed by atoms with E-state index in [1.807, 2.05) is 31.2 Å². The van der Waals surface area contributed by atoms with Crippen LogP contribution in [0.25, 0.3) is 0 Å². The van der Waals surface area contributed by atoms with Crippen LogP contribution in [0.5, 0.6) is 5.75 Å². The number of amides is 1. The molecule has 0 bridgehead atoms. The average molecular weight is 329 g/mol. The number of thiophene rings is 1. The van der Waals surface area contributed by atoms with Gasteiger partial charge in [-0.2, -0.15) is 11.3 Å². The number of hydrogen-bond acceptors (Lipinski definition) is 3. The molecule has 0 radical (unpaired) electrons. The predicted octanol–water partition coefficient (Wildman–Crippen LogP) is 4.39. The second-order valence-electron chi connectivity index (χ2n) is 6.14. The maximum absolute atomic E-state index is 12.4. The molecule has 0 spiro atoms. The quantitative estimate of drug-likeness (QED) is 0.853. The second kappa shape index (κ2) is 7.18. The summed E-state index contributed by atoms with van der Waals surface area (Å²) in [6.45, 7) is 3.30. The summed E-state index contributed by atoms with van der Waals surface area (Å²) < 4.78 is 5.42. The van der Waals surface area contributed by atoms with Gasteiger partial charge in [0.2, 0.25) is 0 Å². The third-order valence-corrected chi connectivity index (χ3v) is 5.39. The molecule has 3 rings (SSSR count). The Bertz CT molecular complexity index is 628. The maximum atomic E-state index is 12.4. The van der Waals surface area contributed by atoms with E-state index in [1.54, 1.807) is 11.3 Å². The molecule has 1 saturated carbocycles. The Balaban J connectivity index is 1.65. The number of ether oxygens (including phenoxy) is 1. The molecule has 0 atom stereocenters. The molecular formula is C19H23NO2S. The summed E-state index contributed by atoms with van der Waals surface area (Å²) in [5, 5.41) is 7.51. The van der Waals surface area contributed by atoms with Gasteiger partial charge in [0.05, 0.1) is 6.61 Å². The Kier molecular flexibility index (Phi) is 5.01. The van der Waals surface area contributed by atoms with Crippen LogP contribution in [0.3, 0.4) is 0 Å². The summed E-state index contributed by atoms with van der Waals surface area (Å²) in [6.07, 6.45) is 4.81. The van der Waals surface area contributed by atoms with Gasteiger partial charge in [0.15, 0.2) is 0 Å². The molecular weight excluding hydrogens is 306 g/mol. The number of rotatable bonds is 6. The molecule has 1 aromatic heterocycles. The van der Waals surface area contributed by atoms with E-state index in [9.17, 15) is 4.79 Å². The fourth-order valence-electron chi connectivity index (χ4n) is 3.41. The normalized spacial score (nSPS) is 16.2. The van der Waals surface area contributed by atoms with Crippen LogP contribution in [0.15, 0.2) is 41.1 Å². The summed E-state index contributed by atoms with van der Waals surface area (Å²) in [7, 11) is 0. The molecule has 1 aromatic carbocycles. The number of benzene rings is 1. The van der Waals surface area contributed by atoms with Crippen LogP contribution in [0, 0.1) is 0 Å². The van der Waals surface area contributed by atoms with Gasteiger partial charge in [0.1, 0.15) is 5.75 Å². The first-order chi connectivity index (χ1) is 11.2. The van der Waals surface area contributed by atoms with Gasteiger partial charge < -0.3 is 10.1 Å². The largest absolute Gasteiger partial charge is 0.494 e. The van der Waals surface area contributed by atoms with Crippen molar-refractivity contribution in [1.29, 1.82) is 0 Å². The topological polar surface area (TPSA) is 38.3 Å². The molecule has 1 amide bonds. The lowest BCUT2D eigenvalue weighted by Crippen LogP contribution is -2.38. The highest BCUT2D eigenvalue weighted by Gasteiger charge is 2.36. The van der Waals surface area contributed by atoms with Crippen molar-refractivity contribution >= 4 is 17.2 Å². The van der Waals surface area contributed by atoms with Crippen molar-refractivity contribution in [2.45, 2.75) is 38.0 Å². The molecule has 0 unspecified atom stereocenters. The Hall–Kier alpha value is -1.81. The van der Waals surface area contributed by atoms with Crippen molar-refractivity contribution in [2.75, 3.05) is 13.2 Å². The van der Waals surface area contributed by atoms with Crippen molar-refractivity contribution in [3.05, 3.63) is 52.2 Å². The highest BCUT2D eigenvalue weighted by Crippen LogP contribution is 2.41. The van der Waals surface area contributed by atoms with Crippen molar-refractivity contribution in [3.63, 3.8) is 0 Å². The summed E-state index contributed by atoms with van der Waals surface area (Å²) >= 11 is 1.74. The number of nitrogens with one attached hydrogen (secondary N) is 1. The van der Waals surface area contributed by atoms with E-state index >= 15 is 0 Å². The zero-order valence-corrected chi connectivity index (χ0v) is 14.3. The van der Waals surface area contributed by atoms with Crippen LogP contribution >= 0.6 is 11.3 Å². The van der Waals surface area contributed by atoms with E-state index in [1.165, 1.54) is 18.4 Å². The highest BCUT2D eigenvalue weighted by atomic mass is 32.1. The van der Waals surface area contributed by atoms with Gasteiger partial charge in [0.25, 0.3) is 5.91 Å². The van der Waals surface area contributed by atoms with Gasteiger partial charge in [-0.05, 0) is 66.4 Å². The van der Waals surface area contributed by atoms with Gasteiger partial charge >= 0.3 is 0 Å². The molecule has 4 heteroatoms. The molecule has 2 aromatic rings. The lowest BCUT2D eigenvalue weighted by atomic mass is 9.80. The van der Waals surface area contributed by atoms with Crippen LogP contribution < -0.4 is 10.1 Å². The van der Waals surface area contributed by atoms with E-state index < -0.39 is 0 Å². The minimum atomic E-state index is -0.00504. The molecule has 122 valence electrons. The van der Waals surface area contributed by atoms with Gasteiger partial charge in [-0.25, -0.2) is 0 Å². The molecule has 0 saturated heterocycles. The monoisotopic (exact) mass is 329 g/mol. The minimum Gasteiger partial charge on any atom is -0.494 e. The summed E-state index contributed by atoms with van der Waals surface area (Å²) in [4.78, 5) is 12.4. The van der Waals surface area contributed by atoms with Crippen molar-refractivity contribution in [1.82, 2.24) is 5.32 Å².